The first-order chi connectivity index (χ1) is 9.58. The molecule has 1 fully saturated rings. The molecule has 2 rings (SSSR count). The number of aliphatic hydroxyl groups is 1. The summed E-state index contributed by atoms with van der Waals surface area (Å²) in [7, 11) is 0. The molecule has 20 heavy (non-hydrogen) atoms. The third-order valence-corrected chi connectivity index (χ3v) is 3.88. The number of ether oxygens (including phenoxy) is 1. The van der Waals surface area contributed by atoms with Crippen molar-refractivity contribution < 1.29 is 14.6 Å². The van der Waals surface area contributed by atoms with Gasteiger partial charge in [0.15, 0.2) is 6.10 Å². The lowest BCUT2D eigenvalue weighted by Crippen LogP contribution is -2.49. The third kappa shape index (κ3) is 3.87. The third-order valence-electron chi connectivity index (χ3n) is 3.57. The lowest BCUT2D eigenvalue weighted by Gasteiger charge is -2.29. The average molecular weight is 298 g/mol. The molecule has 1 aliphatic rings. The summed E-state index contributed by atoms with van der Waals surface area (Å²) in [6, 6.07) is 6.87. The molecule has 3 unspecified atom stereocenters. The number of halogens is 1. The lowest BCUT2D eigenvalue weighted by molar-refractivity contribution is -0.129. The molecule has 0 bridgehead atoms. The van der Waals surface area contributed by atoms with Gasteiger partial charge in [-0.05, 0) is 31.9 Å². The summed E-state index contributed by atoms with van der Waals surface area (Å²) >= 11 is 5.99. The van der Waals surface area contributed by atoms with Crippen LogP contribution in [0.15, 0.2) is 24.3 Å². The summed E-state index contributed by atoms with van der Waals surface area (Å²) < 4.78 is 5.56. The normalized spacial score (nSPS) is 23.9. The molecule has 0 aromatic heterocycles. The van der Waals surface area contributed by atoms with Crippen molar-refractivity contribution in [3.05, 3.63) is 29.3 Å². The van der Waals surface area contributed by atoms with Crippen molar-refractivity contribution in [1.82, 2.24) is 5.32 Å². The Morgan fingerprint density at radius 2 is 2.10 bits per heavy atom. The van der Waals surface area contributed by atoms with E-state index >= 15 is 0 Å². The van der Waals surface area contributed by atoms with Gasteiger partial charge in [-0.1, -0.05) is 36.6 Å². The van der Waals surface area contributed by atoms with Crippen molar-refractivity contribution in [3.63, 3.8) is 0 Å². The van der Waals surface area contributed by atoms with Crippen molar-refractivity contribution in [3.8, 4) is 5.75 Å². The molecule has 0 saturated heterocycles. The van der Waals surface area contributed by atoms with E-state index in [9.17, 15) is 9.90 Å². The van der Waals surface area contributed by atoms with E-state index in [1.54, 1.807) is 31.2 Å². The Bertz CT molecular complexity index is 466. The standard InChI is InChI=1S/C15H20ClNO3/c1-10(20-14-9-5-2-6-11(14)16)15(19)17-12-7-3-4-8-13(12)18/h2,5-6,9-10,12-13,18H,3-4,7-8H2,1H3,(H,17,19). The predicted molar refractivity (Wildman–Crippen MR) is 77.9 cm³/mol. The maximum Gasteiger partial charge on any atom is 0.261 e. The van der Waals surface area contributed by atoms with E-state index in [4.69, 9.17) is 16.3 Å². The first-order valence-corrected chi connectivity index (χ1v) is 7.35. The molecule has 5 heteroatoms. The van der Waals surface area contributed by atoms with E-state index in [0.29, 0.717) is 10.8 Å². The number of benzene rings is 1. The topological polar surface area (TPSA) is 58.6 Å². The van der Waals surface area contributed by atoms with Crippen LogP contribution in [0.5, 0.6) is 5.75 Å². The van der Waals surface area contributed by atoms with E-state index < -0.39 is 12.2 Å². The molecular formula is C15H20ClNO3. The quantitative estimate of drug-likeness (QED) is 0.898. The lowest BCUT2D eigenvalue weighted by atomic mass is 9.92. The highest BCUT2D eigenvalue weighted by molar-refractivity contribution is 6.32. The van der Waals surface area contributed by atoms with Gasteiger partial charge < -0.3 is 15.2 Å². The van der Waals surface area contributed by atoms with Crippen LogP contribution >= 0.6 is 11.6 Å². The number of nitrogens with one attached hydrogen (secondary N) is 1. The number of hydrogen-bond acceptors (Lipinski definition) is 3. The van der Waals surface area contributed by atoms with E-state index in [-0.39, 0.29) is 11.9 Å². The van der Waals surface area contributed by atoms with Gasteiger partial charge in [0.25, 0.3) is 5.91 Å². The molecule has 110 valence electrons. The van der Waals surface area contributed by atoms with Crippen LogP contribution in [0, 0.1) is 0 Å². The van der Waals surface area contributed by atoms with Crippen LogP contribution in [0.1, 0.15) is 32.6 Å². The van der Waals surface area contributed by atoms with Crippen molar-refractivity contribution in [2.24, 2.45) is 0 Å². The van der Waals surface area contributed by atoms with Gasteiger partial charge in [-0.2, -0.15) is 0 Å². The predicted octanol–water partition coefficient (Wildman–Crippen LogP) is 2.53. The van der Waals surface area contributed by atoms with Crippen LogP contribution in [-0.2, 0) is 4.79 Å². The number of hydrogen-bond donors (Lipinski definition) is 2. The highest BCUT2D eigenvalue weighted by Crippen LogP contribution is 2.24. The van der Waals surface area contributed by atoms with E-state index in [2.05, 4.69) is 5.32 Å². The molecule has 0 heterocycles. The fraction of sp³-hybridized carbons (Fsp3) is 0.533. The molecule has 1 amide bonds. The monoisotopic (exact) mass is 297 g/mol. The number of para-hydroxylation sites is 1. The number of amides is 1. The SMILES string of the molecule is CC(Oc1ccccc1Cl)C(=O)NC1CCCCC1O. The Morgan fingerprint density at radius 1 is 1.40 bits per heavy atom. The second-order valence-corrected chi connectivity index (χ2v) is 5.56. The van der Waals surface area contributed by atoms with Gasteiger partial charge in [-0.15, -0.1) is 0 Å². The summed E-state index contributed by atoms with van der Waals surface area (Å²) in [5.74, 6) is 0.261. The Balaban J connectivity index is 1.90. The Kier molecular flexibility index (Phi) is 5.26. The van der Waals surface area contributed by atoms with Crippen molar-refractivity contribution in [2.45, 2.75) is 50.9 Å². The summed E-state index contributed by atoms with van der Waals surface area (Å²) in [5, 5.41) is 13.2. The number of aliphatic hydroxyl groups excluding tert-OH is 1. The zero-order valence-electron chi connectivity index (χ0n) is 11.5. The molecule has 4 nitrogen and oxygen atoms in total. The van der Waals surface area contributed by atoms with Crippen LogP contribution in [0.2, 0.25) is 5.02 Å². The highest BCUT2D eigenvalue weighted by atomic mass is 35.5. The number of carbonyl (C=O) groups excluding carboxylic acids is 1. The maximum atomic E-state index is 12.1. The zero-order chi connectivity index (χ0) is 14.5. The van der Waals surface area contributed by atoms with E-state index in [1.165, 1.54) is 0 Å². The first kappa shape index (κ1) is 15.1. The number of rotatable bonds is 4. The molecule has 1 aromatic rings. The second-order valence-electron chi connectivity index (χ2n) is 5.16. The zero-order valence-corrected chi connectivity index (χ0v) is 12.3. The second kappa shape index (κ2) is 6.95. The van der Waals surface area contributed by atoms with Crippen LogP contribution < -0.4 is 10.1 Å². The van der Waals surface area contributed by atoms with Crippen LogP contribution in [0.4, 0.5) is 0 Å². The van der Waals surface area contributed by atoms with Gasteiger partial charge in [0.05, 0.1) is 17.2 Å². The molecule has 1 aromatic carbocycles. The Morgan fingerprint density at radius 3 is 2.80 bits per heavy atom. The molecule has 3 atom stereocenters. The highest BCUT2D eigenvalue weighted by Gasteiger charge is 2.26. The van der Waals surface area contributed by atoms with Gasteiger partial charge in [-0.3, -0.25) is 4.79 Å². The van der Waals surface area contributed by atoms with Crippen LogP contribution in [0.25, 0.3) is 0 Å². The Labute approximate surface area is 124 Å². The maximum absolute atomic E-state index is 12.1. The smallest absolute Gasteiger partial charge is 0.261 e. The minimum Gasteiger partial charge on any atom is -0.479 e. The van der Waals surface area contributed by atoms with Gasteiger partial charge in [0.1, 0.15) is 5.75 Å². The minimum absolute atomic E-state index is 0.173. The fourth-order valence-corrected chi connectivity index (χ4v) is 2.54. The Hall–Kier alpha value is -1.26. The molecule has 1 aliphatic carbocycles. The van der Waals surface area contributed by atoms with Crippen molar-refractivity contribution >= 4 is 17.5 Å². The summed E-state index contributed by atoms with van der Waals surface area (Å²) in [6.07, 6.45) is 2.49. The van der Waals surface area contributed by atoms with Crippen LogP contribution in [-0.4, -0.2) is 29.3 Å². The minimum atomic E-state index is -0.649. The largest absolute Gasteiger partial charge is 0.479 e. The molecular weight excluding hydrogens is 278 g/mol. The fourth-order valence-electron chi connectivity index (χ4n) is 2.36. The summed E-state index contributed by atoms with van der Waals surface area (Å²) in [6.45, 7) is 1.67. The van der Waals surface area contributed by atoms with Crippen LogP contribution in [0.3, 0.4) is 0 Å². The summed E-state index contributed by atoms with van der Waals surface area (Å²) in [4.78, 5) is 12.1. The van der Waals surface area contributed by atoms with Gasteiger partial charge in [0.2, 0.25) is 0 Å². The summed E-state index contributed by atoms with van der Waals surface area (Å²) in [5.41, 5.74) is 0. The molecule has 0 spiro atoms. The molecule has 1 saturated carbocycles. The van der Waals surface area contributed by atoms with Gasteiger partial charge >= 0.3 is 0 Å². The molecule has 0 radical (unpaired) electrons. The van der Waals surface area contributed by atoms with E-state index in [0.717, 1.165) is 25.7 Å². The van der Waals surface area contributed by atoms with Gasteiger partial charge in [-0.25, -0.2) is 0 Å². The van der Waals surface area contributed by atoms with Gasteiger partial charge in [0, 0.05) is 0 Å². The van der Waals surface area contributed by atoms with Crippen molar-refractivity contribution in [1.29, 1.82) is 0 Å². The molecule has 2 N–H and O–H groups in total. The van der Waals surface area contributed by atoms with E-state index in [1.807, 2.05) is 0 Å². The average Bonchev–Trinajstić information content (AvgIpc) is 2.43. The van der Waals surface area contributed by atoms with Crippen molar-refractivity contribution in [2.75, 3.05) is 0 Å². The first-order valence-electron chi connectivity index (χ1n) is 6.97. The number of carbonyl (C=O) groups is 1. The molecule has 0 aliphatic heterocycles.